The summed E-state index contributed by atoms with van der Waals surface area (Å²) >= 11 is 0. The molecule has 2 N–H and O–H groups in total. The molecule has 0 unspecified atom stereocenters. The van der Waals surface area contributed by atoms with Crippen molar-refractivity contribution >= 4 is 0 Å². The number of rotatable bonds is 4. The highest BCUT2D eigenvalue weighted by atomic mass is 16.5. The average molecular weight is 314 g/mol. The lowest BCUT2D eigenvalue weighted by Crippen LogP contribution is -2.32. The van der Waals surface area contributed by atoms with Gasteiger partial charge in [-0.3, -0.25) is 5.01 Å². The summed E-state index contributed by atoms with van der Waals surface area (Å²) in [4.78, 5) is 11.2. The van der Waals surface area contributed by atoms with Gasteiger partial charge in [-0.25, -0.2) is 0 Å². The molecule has 0 fully saturated rings. The SMILES string of the molecule is COc1cc2c(cc1O)[C@H](Cc1ccc(O)cc1)N(N=O)CC2. The Bertz CT molecular complexity index is 715. The first-order valence-corrected chi connectivity index (χ1v) is 7.40. The van der Waals surface area contributed by atoms with Crippen molar-refractivity contribution in [3.63, 3.8) is 0 Å². The number of hydrogen-bond acceptors (Lipinski definition) is 5. The maximum atomic E-state index is 11.2. The Morgan fingerprint density at radius 3 is 2.65 bits per heavy atom. The standard InChI is InChI=1S/C17H18N2O4/c1-23-17-9-12-6-7-19(18-22)15(14(12)10-16(17)21)8-11-2-4-13(20)5-3-11/h2-5,9-10,15,20-21H,6-8H2,1H3/t15-/m0/s1. The van der Waals surface area contributed by atoms with E-state index in [1.807, 2.05) is 18.2 Å². The van der Waals surface area contributed by atoms with Crippen LogP contribution in [0, 0.1) is 4.91 Å². The van der Waals surface area contributed by atoms with Gasteiger partial charge in [0.15, 0.2) is 11.5 Å². The Morgan fingerprint density at radius 1 is 1.26 bits per heavy atom. The van der Waals surface area contributed by atoms with Gasteiger partial charge in [0.1, 0.15) is 5.75 Å². The average Bonchev–Trinajstić information content (AvgIpc) is 2.57. The van der Waals surface area contributed by atoms with Crippen LogP contribution in [-0.4, -0.2) is 28.9 Å². The van der Waals surface area contributed by atoms with Crippen molar-refractivity contribution in [2.24, 2.45) is 5.29 Å². The summed E-state index contributed by atoms with van der Waals surface area (Å²) in [5.41, 5.74) is 2.90. The molecular weight excluding hydrogens is 296 g/mol. The van der Waals surface area contributed by atoms with Gasteiger partial charge < -0.3 is 14.9 Å². The van der Waals surface area contributed by atoms with Crippen LogP contribution in [-0.2, 0) is 12.8 Å². The number of methoxy groups -OCH3 is 1. The van der Waals surface area contributed by atoms with Gasteiger partial charge in [-0.15, -0.1) is 4.91 Å². The first kappa shape index (κ1) is 15.1. The van der Waals surface area contributed by atoms with Crippen LogP contribution in [0.1, 0.15) is 22.7 Å². The second-order valence-electron chi connectivity index (χ2n) is 5.60. The highest BCUT2D eigenvalue weighted by molar-refractivity contribution is 5.49. The highest BCUT2D eigenvalue weighted by Gasteiger charge is 2.29. The fourth-order valence-corrected chi connectivity index (χ4v) is 3.04. The van der Waals surface area contributed by atoms with Crippen LogP contribution in [0.25, 0.3) is 0 Å². The molecule has 0 saturated carbocycles. The molecule has 6 heteroatoms. The van der Waals surface area contributed by atoms with E-state index >= 15 is 0 Å². The number of nitroso groups, excluding NO2 is 1. The second kappa shape index (κ2) is 6.16. The zero-order valence-corrected chi connectivity index (χ0v) is 12.8. The summed E-state index contributed by atoms with van der Waals surface area (Å²) in [6.45, 7) is 0.521. The van der Waals surface area contributed by atoms with Crippen LogP contribution < -0.4 is 4.74 Å². The third-order valence-electron chi connectivity index (χ3n) is 4.24. The zero-order chi connectivity index (χ0) is 16.4. The third kappa shape index (κ3) is 2.92. The van der Waals surface area contributed by atoms with E-state index < -0.39 is 0 Å². The van der Waals surface area contributed by atoms with E-state index in [-0.39, 0.29) is 17.5 Å². The first-order chi connectivity index (χ1) is 11.1. The molecule has 0 spiro atoms. The Balaban J connectivity index is 1.98. The number of ether oxygens (including phenoxy) is 1. The molecule has 2 aromatic rings. The third-order valence-corrected chi connectivity index (χ3v) is 4.24. The van der Waals surface area contributed by atoms with Crippen molar-refractivity contribution < 1.29 is 14.9 Å². The second-order valence-corrected chi connectivity index (χ2v) is 5.60. The summed E-state index contributed by atoms with van der Waals surface area (Å²) in [5, 5.41) is 24.1. The molecule has 0 aliphatic carbocycles. The number of aromatic hydroxyl groups is 2. The minimum absolute atomic E-state index is 0.0507. The summed E-state index contributed by atoms with van der Waals surface area (Å²) in [7, 11) is 1.51. The normalized spacial score (nSPS) is 16.7. The van der Waals surface area contributed by atoms with Crippen molar-refractivity contribution in [2.45, 2.75) is 18.9 Å². The highest BCUT2D eigenvalue weighted by Crippen LogP contribution is 2.39. The lowest BCUT2D eigenvalue weighted by Gasteiger charge is -2.33. The molecule has 0 bridgehead atoms. The lowest BCUT2D eigenvalue weighted by atomic mass is 9.89. The summed E-state index contributed by atoms with van der Waals surface area (Å²) in [6.07, 6.45) is 1.23. The number of phenolic OH excluding ortho intramolecular Hbond substituents is 2. The van der Waals surface area contributed by atoms with E-state index in [0.29, 0.717) is 25.1 Å². The van der Waals surface area contributed by atoms with Crippen molar-refractivity contribution in [3.05, 3.63) is 58.0 Å². The minimum Gasteiger partial charge on any atom is -0.508 e. The number of fused-ring (bicyclic) bond motifs is 1. The van der Waals surface area contributed by atoms with E-state index in [4.69, 9.17) is 4.74 Å². The molecule has 2 aromatic carbocycles. The first-order valence-electron chi connectivity index (χ1n) is 7.40. The Kier molecular flexibility index (Phi) is 4.06. The monoisotopic (exact) mass is 314 g/mol. The van der Waals surface area contributed by atoms with Crippen molar-refractivity contribution in [1.29, 1.82) is 0 Å². The van der Waals surface area contributed by atoms with Crippen molar-refractivity contribution in [3.8, 4) is 17.2 Å². The lowest BCUT2D eigenvalue weighted by molar-refractivity contribution is 0.188. The fourth-order valence-electron chi connectivity index (χ4n) is 3.04. The molecule has 1 heterocycles. The Labute approximate surface area is 133 Å². The quantitative estimate of drug-likeness (QED) is 0.848. The predicted molar refractivity (Wildman–Crippen MR) is 85.4 cm³/mol. The van der Waals surface area contributed by atoms with Gasteiger partial charge in [0.05, 0.1) is 18.4 Å². The van der Waals surface area contributed by atoms with Gasteiger partial charge in [-0.2, -0.15) is 0 Å². The number of phenols is 2. The molecule has 1 aliphatic rings. The Morgan fingerprint density at radius 2 is 2.00 bits per heavy atom. The molecule has 1 atom stereocenters. The number of benzene rings is 2. The van der Waals surface area contributed by atoms with Crippen molar-refractivity contribution in [2.75, 3.05) is 13.7 Å². The predicted octanol–water partition coefficient (Wildman–Crippen LogP) is 2.93. The van der Waals surface area contributed by atoms with Crippen LogP contribution in [0.5, 0.6) is 17.2 Å². The molecule has 120 valence electrons. The van der Waals surface area contributed by atoms with E-state index in [0.717, 1.165) is 16.7 Å². The van der Waals surface area contributed by atoms with Gasteiger partial charge in [0.25, 0.3) is 0 Å². The van der Waals surface area contributed by atoms with Crippen LogP contribution in [0.15, 0.2) is 41.7 Å². The van der Waals surface area contributed by atoms with E-state index in [1.54, 1.807) is 18.2 Å². The van der Waals surface area contributed by atoms with E-state index in [1.165, 1.54) is 12.1 Å². The topological polar surface area (TPSA) is 82.4 Å². The summed E-state index contributed by atoms with van der Waals surface area (Å²) in [6, 6.07) is 10.1. The molecule has 0 saturated heterocycles. The maximum Gasteiger partial charge on any atom is 0.160 e. The molecular formula is C17H18N2O4. The van der Waals surface area contributed by atoms with E-state index in [2.05, 4.69) is 5.29 Å². The van der Waals surface area contributed by atoms with Gasteiger partial charge in [-0.1, -0.05) is 12.1 Å². The molecule has 0 aromatic heterocycles. The molecule has 0 amide bonds. The van der Waals surface area contributed by atoms with Crippen LogP contribution in [0.2, 0.25) is 0 Å². The summed E-state index contributed by atoms with van der Waals surface area (Å²) < 4.78 is 5.15. The molecule has 23 heavy (non-hydrogen) atoms. The van der Waals surface area contributed by atoms with E-state index in [9.17, 15) is 15.1 Å². The van der Waals surface area contributed by atoms with Crippen LogP contribution in [0.3, 0.4) is 0 Å². The van der Waals surface area contributed by atoms with Gasteiger partial charge in [0, 0.05) is 6.54 Å². The molecule has 3 rings (SSSR count). The Hall–Kier alpha value is -2.76. The largest absolute Gasteiger partial charge is 0.508 e. The number of nitrogens with zero attached hydrogens (tertiary/aromatic N) is 2. The van der Waals surface area contributed by atoms with Gasteiger partial charge in [-0.05, 0) is 53.8 Å². The van der Waals surface area contributed by atoms with Gasteiger partial charge >= 0.3 is 0 Å². The van der Waals surface area contributed by atoms with Gasteiger partial charge in [0.2, 0.25) is 0 Å². The van der Waals surface area contributed by atoms with Crippen molar-refractivity contribution in [1.82, 2.24) is 5.01 Å². The summed E-state index contributed by atoms with van der Waals surface area (Å²) in [5.74, 6) is 0.680. The number of hydrogen-bond donors (Lipinski definition) is 2. The molecule has 1 aliphatic heterocycles. The molecule has 6 nitrogen and oxygen atoms in total. The fraction of sp³-hybridized carbons (Fsp3) is 0.294. The van der Waals surface area contributed by atoms with Crippen LogP contribution >= 0.6 is 0 Å². The zero-order valence-electron chi connectivity index (χ0n) is 12.8. The minimum atomic E-state index is -0.252. The van der Waals surface area contributed by atoms with Crippen LogP contribution in [0.4, 0.5) is 0 Å². The maximum absolute atomic E-state index is 11.2. The molecule has 0 radical (unpaired) electrons. The smallest absolute Gasteiger partial charge is 0.160 e.